The van der Waals surface area contributed by atoms with Gasteiger partial charge < -0.3 is 25.0 Å². The van der Waals surface area contributed by atoms with Crippen LogP contribution in [0, 0.1) is 11.8 Å². The van der Waals surface area contributed by atoms with Gasteiger partial charge in [-0.15, -0.1) is 0 Å². The van der Waals surface area contributed by atoms with Crippen LogP contribution in [0.2, 0.25) is 0 Å². The second-order valence-electron chi connectivity index (χ2n) is 4.71. The molecule has 7 nitrogen and oxygen atoms in total. The van der Waals surface area contributed by atoms with Crippen molar-refractivity contribution in [2.45, 2.75) is 6.42 Å². The van der Waals surface area contributed by atoms with Crippen LogP contribution in [-0.2, 0) is 9.59 Å². The van der Waals surface area contributed by atoms with Gasteiger partial charge in [0.05, 0.1) is 25.6 Å². The Morgan fingerprint density at radius 1 is 1.33 bits per heavy atom. The Labute approximate surface area is 121 Å². The van der Waals surface area contributed by atoms with Crippen LogP contribution in [-0.4, -0.2) is 42.4 Å². The first-order valence-corrected chi connectivity index (χ1v) is 6.52. The number of nitrogens with one attached hydrogen (secondary N) is 1. The largest absolute Gasteiger partial charge is 0.493 e. The molecule has 1 saturated carbocycles. The van der Waals surface area contributed by atoms with Gasteiger partial charge in [-0.25, -0.2) is 0 Å². The first-order valence-electron chi connectivity index (χ1n) is 6.52. The SMILES string of the molecule is COc1ccc(NC(=O)[C@@H]2C[C@@H]2C(=O)O)cc1OCCO. The number of aliphatic hydroxyl groups is 1. The summed E-state index contributed by atoms with van der Waals surface area (Å²) in [5, 5.41) is 20.2. The smallest absolute Gasteiger partial charge is 0.307 e. The standard InChI is InChI=1S/C14H17NO6/c1-20-11-3-2-8(6-12(11)21-5-4-16)15-13(17)9-7-10(9)14(18)19/h2-3,6,9-10,16H,4-5,7H2,1H3,(H,15,17)(H,18,19)/t9-,10+/m1/s1. The minimum atomic E-state index is -0.947. The molecular formula is C14H17NO6. The molecule has 2 rings (SSSR count). The number of hydrogen-bond donors (Lipinski definition) is 3. The lowest BCUT2D eigenvalue weighted by Gasteiger charge is -2.12. The summed E-state index contributed by atoms with van der Waals surface area (Å²) in [7, 11) is 1.49. The fraction of sp³-hybridized carbons (Fsp3) is 0.429. The third-order valence-electron chi connectivity index (χ3n) is 3.22. The third-order valence-corrected chi connectivity index (χ3v) is 3.22. The Morgan fingerprint density at radius 2 is 2.10 bits per heavy atom. The fourth-order valence-electron chi connectivity index (χ4n) is 2.02. The minimum absolute atomic E-state index is 0.109. The van der Waals surface area contributed by atoms with Gasteiger partial charge in [-0.3, -0.25) is 9.59 Å². The van der Waals surface area contributed by atoms with E-state index in [1.165, 1.54) is 7.11 Å². The van der Waals surface area contributed by atoms with Crippen molar-refractivity contribution in [2.75, 3.05) is 25.6 Å². The van der Waals surface area contributed by atoms with E-state index < -0.39 is 17.8 Å². The predicted octanol–water partition coefficient (Wildman–Crippen LogP) is 0.725. The summed E-state index contributed by atoms with van der Waals surface area (Å²) >= 11 is 0. The molecule has 2 atom stereocenters. The van der Waals surface area contributed by atoms with Crippen LogP contribution in [0.4, 0.5) is 5.69 Å². The summed E-state index contributed by atoms with van der Waals surface area (Å²) in [4.78, 5) is 22.6. The maximum atomic E-state index is 11.9. The monoisotopic (exact) mass is 295 g/mol. The lowest BCUT2D eigenvalue weighted by Crippen LogP contribution is -2.17. The van der Waals surface area contributed by atoms with E-state index in [0.717, 1.165) is 0 Å². The number of carboxylic acid groups (broad SMARTS) is 1. The van der Waals surface area contributed by atoms with Gasteiger partial charge in [0.15, 0.2) is 11.5 Å². The summed E-state index contributed by atoms with van der Waals surface area (Å²) in [6.45, 7) is -0.0282. The number of hydrogen-bond acceptors (Lipinski definition) is 5. The van der Waals surface area contributed by atoms with Crippen molar-refractivity contribution in [1.29, 1.82) is 0 Å². The van der Waals surface area contributed by atoms with Crippen molar-refractivity contribution in [1.82, 2.24) is 0 Å². The molecule has 1 fully saturated rings. The molecule has 0 saturated heterocycles. The van der Waals surface area contributed by atoms with Gasteiger partial charge in [-0.05, 0) is 18.6 Å². The van der Waals surface area contributed by atoms with E-state index in [2.05, 4.69) is 5.32 Å². The zero-order valence-corrected chi connectivity index (χ0v) is 11.5. The van der Waals surface area contributed by atoms with Crippen LogP contribution < -0.4 is 14.8 Å². The van der Waals surface area contributed by atoms with Crippen molar-refractivity contribution in [3.63, 3.8) is 0 Å². The molecule has 3 N–H and O–H groups in total. The van der Waals surface area contributed by atoms with Crippen LogP contribution in [0.5, 0.6) is 11.5 Å². The van der Waals surface area contributed by atoms with E-state index >= 15 is 0 Å². The third kappa shape index (κ3) is 3.63. The van der Waals surface area contributed by atoms with E-state index in [9.17, 15) is 9.59 Å². The number of carboxylic acids is 1. The molecule has 21 heavy (non-hydrogen) atoms. The molecule has 0 aliphatic heterocycles. The van der Waals surface area contributed by atoms with Gasteiger partial charge in [0.25, 0.3) is 0 Å². The normalized spacial score (nSPS) is 19.7. The number of anilines is 1. The molecule has 0 bridgehead atoms. The van der Waals surface area contributed by atoms with Gasteiger partial charge >= 0.3 is 5.97 Å². The average molecular weight is 295 g/mol. The second-order valence-corrected chi connectivity index (χ2v) is 4.71. The van der Waals surface area contributed by atoms with E-state index in [0.29, 0.717) is 23.6 Å². The highest BCUT2D eigenvalue weighted by Gasteiger charge is 2.48. The molecule has 0 radical (unpaired) electrons. The molecular weight excluding hydrogens is 278 g/mol. The summed E-state index contributed by atoms with van der Waals surface area (Å²) in [5.41, 5.74) is 0.491. The Balaban J connectivity index is 2.03. The van der Waals surface area contributed by atoms with Crippen molar-refractivity contribution in [3.05, 3.63) is 18.2 Å². The highest BCUT2D eigenvalue weighted by atomic mass is 16.5. The van der Waals surface area contributed by atoms with Gasteiger partial charge in [-0.2, -0.15) is 0 Å². The number of amides is 1. The van der Waals surface area contributed by atoms with E-state index in [4.69, 9.17) is 19.7 Å². The van der Waals surface area contributed by atoms with Gasteiger partial charge in [0.2, 0.25) is 5.91 Å². The number of carbonyl (C=O) groups excluding carboxylic acids is 1. The predicted molar refractivity (Wildman–Crippen MR) is 73.4 cm³/mol. The summed E-state index contributed by atoms with van der Waals surface area (Å²) in [6, 6.07) is 4.84. The molecule has 1 aliphatic rings. The number of benzene rings is 1. The fourth-order valence-corrected chi connectivity index (χ4v) is 2.02. The molecule has 0 unspecified atom stereocenters. The minimum Gasteiger partial charge on any atom is -0.493 e. The lowest BCUT2D eigenvalue weighted by atomic mass is 10.2. The molecule has 0 aromatic heterocycles. The maximum absolute atomic E-state index is 11.9. The number of aliphatic hydroxyl groups excluding tert-OH is 1. The molecule has 1 aromatic carbocycles. The lowest BCUT2D eigenvalue weighted by molar-refractivity contribution is -0.139. The van der Waals surface area contributed by atoms with Crippen LogP contribution >= 0.6 is 0 Å². The topological polar surface area (TPSA) is 105 Å². The molecule has 0 spiro atoms. The van der Waals surface area contributed by atoms with Gasteiger partial charge in [-0.1, -0.05) is 0 Å². The number of rotatable bonds is 7. The number of carbonyl (C=O) groups is 2. The Bertz CT molecular complexity index is 544. The summed E-state index contributed by atoms with van der Waals surface area (Å²) < 4.78 is 10.4. The van der Waals surface area contributed by atoms with Crippen LogP contribution in [0.3, 0.4) is 0 Å². The highest BCUT2D eigenvalue weighted by molar-refractivity contribution is 5.98. The number of ether oxygens (including phenoxy) is 2. The van der Waals surface area contributed by atoms with Crippen molar-refractivity contribution >= 4 is 17.6 Å². The molecule has 7 heteroatoms. The Hall–Kier alpha value is -2.28. The quantitative estimate of drug-likeness (QED) is 0.684. The maximum Gasteiger partial charge on any atom is 0.307 e. The van der Waals surface area contributed by atoms with Gasteiger partial charge in [0, 0.05) is 11.8 Å². The molecule has 114 valence electrons. The van der Waals surface area contributed by atoms with Crippen molar-refractivity contribution < 1.29 is 29.3 Å². The molecule has 1 aromatic rings. The zero-order chi connectivity index (χ0) is 15.4. The Morgan fingerprint density at radius 3 is 2.67 bits per heavy atom. The highest BCUT2D eigenvalue weighted by Crippen LogP contribution is 2.40. The molecule has 1 amide bonds. The van der Waals surface area contributed by atoms with Crippen LogP contribution in [0.25, 0.3) is 0 Å². The number of aliphatic carboxylic acids is 1. The Kier molecular flexibility index (Phi) is 4.64. The van der Waals surface area contributed by atoms with Crippen LogP contribution in [0.15, 0.2) is 18.2 Å². The first-order chi connectivity index (χ1) is 10.1. The summed E-state index contributed by atoms with van der Waals surface area (Å²) in [5.74, 6) is -1.46. The molecule has 0 heterocycles. The number of methoxy groups -OCH3 is 1. The van der Waals surface area contributed by atoms with Crippen molar-refractivity contribution in [2.24, 2.45) is 11.8 Å². The van der Waals surface area contributed by atoms with E-state index in [1.54, 1.807) is 18.2 Å². The van der Waals surface area contributed by atoms with Crippen molar-refractivity contribution in [3.8, 4) is 11.5 Å². The average Bonchev–Trinajstić information content (AvgIpc) is 3.26. The van der Waals surface area contributed by atoms with Crippen LogP contribution in [0.1, 0.15) is 6.42 Å². The molecule has 1 aliphatic carbocycles. The van der Waals surface area contributed by atoms with E-state index in [1.807, 2.05) is 0 Å². The zero-order valence-electron chi connectivity index (χ0n) is 11.5. The summed E-state index contributed by atoms with van der Waals surface area (Å²) in [6.07, 6.45) is 0.366. The van der Waals surface area contributed by atoms with E-state index in [-0.39, 0.29) is 19.1 Å². The van der Waals surface area contributed by atoms with Gasteiger partial charge in [0.1, 0.15) is 6.61 Å². The first kappa shape index (κ1) is 15.1. The second kappa shape index (κ2) is 6.45.